The van der Waals surface area contributed by atoms with Crippen molar-refractivity contribution in [2.24, 2.45) is 0 Å². The van der Waals surface area contributed by atoms with Crippen LogP contribution in [0.3, 0.4) is 0 Å². The highest BCUT2D eigenvalue weighted by molar-refractivity contribution is 7.86. The zero-order valence-electron chi connectivity index (χ0n) is 11.0. The molecule has 0 saturated carbocycles. The average molecular weight is 269 g/mol. The predicted molar refractivity (Wildman–Crippen MR) is 72.5 cm³/mol. The molecular weight excluding hydrogens is 250 g/mol. The summed E-state index contributed by atoms with van der Waals surface area (Å²) in [5.74, 6) is 2.12. The van der Waals surface area contributed by atoms with E-state index < -0.39 is 10.8 Å². The molecule has 1 aromatic rings. The van der Waals surface area contributed by atoms with E-state index in [1.54, 1.807) is 0 Å². The Hall–Kier alpha value is -1.17. The van der Waals surface area contributed by atoms with Crippen molar-refractivity contribution >= 4 is 16.6 Å². The van der Waals surface area contributed by atoms with Gasteiger partial charge in [0.25, 0.3) is 0 Å². The van der Waals surface area contributed by atoms with Crippen LogP contribution in [0.5, 0.6) is 5.88 Å². The van der Waals surface area contributed by atoms with Crippen molar-refractivity contribution in [1.82, 2.24) is 9.97 Å². The zero-order valence-corrected chi connectivity index (χ0v) is 11.9. The molecule has 6 heteroatoms. The van der Waals surface area contributed by atoms with Crippen LogP contribution in [0, 0.1) is 0 Å². The molecule has 1 saturated heterocycles. The zero-order chi connectivity index (χ0) is 13.2. The van der Waals surface area contributed by atoms with Gasteiger partial charge in [-0.25, -0.2) is 9.97 Å². The van der Waals surface area contributed by atoms with Gasteiger partial charge in [-0.15, -0.1) is 0 Å². The fraction of sp³-hybridized carbons (Fsp3) is 0.667. The Labute approximate surface area is 110 Å². The molecule has 5 nitrogen and oxygen atoms in total. The second-order valence-electron chi connectivity index (χ2n) is 4.88. The third-order valence-corrected chi connectivity index (χ3v) is 4.89. The number of rotatable bonds is 3. The minimum absolute atomic E-state index is 0.199. The highest BCUT2D eigenvalue weighted by atomic mass is 32.2. The van der Waals surface area contributed by atoms with Gasteiger partial charge in [0.15, 0.2) is 0 Å². The highest BCUT2D eigenvalue weighted by Crippen LogP contribution is 2.25. The minimum Gasteiger partial charge on any atom is -0.478 e. The normalized spacial score (nSPS) is 22.8. The van der Waals surface area contributed by atoms with Crippen LogP contribution in [0.15, 0.2) is 12.4 Å². The van der Waals surface area contributed by atoms with E-state index in [9.17, 15) is 4.21 Å². The van der Waals surface area contributed by atoms with Gasteiger partial charge >= 0.3 is 0 Å². The first-order valence-electron chi connectivity index (χ1n) is 6.11. The summed E-state index contributed by atoms with van der Waals surface area (Å²) in [5, 5.41) is 0. The molecular formula is C12H19N3O2S. The molecule has 0 spiro atoms. The molecule has 0 radical (unpaired) electrons. The summed E-state index contributed by atoms with van der Waals surface area (Å²) < 4.78 is 17.1. The van der Waals surface area contributed by atoms with E-state index >= 15 is 0 Å². The van der Waals surface area contributed by atoms with Crippen LogP contribution < -0.4 is 9.64 Å². The molecule has 0 aliphatic carbocycles. The summed E-state index contributed by atoms with van der Waals surface area (Å²) in [6.45, 7) is 8.07. The first-order chi connectivity index (χ1) is 8.53. The molecule has 0 N–H and O–H groups in total. The van der Waals surface area contributed by atoms with E-state index in [0.717, 1.165) is 18.9 Å². The lowest BCUT2D eigenvalue weighted by Gasteiger charge is -2.37. The number of ether oxygens (including phenoxy) is 1. The van der Waals surface area contributed by atoms with Crippen LogP contribution in [0.1, 0.15) is 20.8 Å². The predicted octanol–water partition coefficient (Wildman–Crippen LogP) is 1.22. The molecule has 0 bridgehead atoms. The number of nitrogens with zero attached hydrogens (tertiary/aromatic N) is 3. The maximum Gasteiger partial charge on any atom is 0.218 e. The number of anilines is 1. The molecule has 1 aliphatic rings. The van der Waals surface area contributed by atoms with Crippen LogP contribution in [-0.4, -0.2) is 44.4 Å². The van der Waals surface area contributed by atoms with Crippen molar-refractivity contribution in [3.63, 3.8) is 0 Å². The van der Waals surface area contributed by atoms with Gasteiger partial charge in [-0.2, -0.15) is 0 Å². The largest absolute Gasteiger partial charge is 0.478 e. The number of hydrogen-bond donors (Lipinski definition) is 0. The molecule has 1 fully saturated rings. The van der Waals surface area contributed by atoms with Gasteiger partial charge in [0.2, 0.25) is 5.88 Å². The molecule has 0 aromatic carbocycles. The Bertz CT molecular complexity index is 451. The van der Waals surface area contributed by atoms with E-state index in [0.29, 0.717) is 18.2 Å². The fourth-order valence-electron chi connectivity index (χ4n) is 2.01. The third kappa shape index (κ3) is 2.80. The summed E-state index contributed by atoms with van der Waals surface area (Å²) in [6.07, 6.45) is 1.51. The van der Waals surface area contributed by atoms with Crippen LogP contribution in [0.2, 0.25) is 0 Å². The van der Waals surface area contributed by atoms with E-state index in [4.69, 9.17) is 4.74 Å². The van der Waals surface area contributed by atoms with Crippen molar-refractivity contribution in [2.45, 2.75) is 25.5 Å². The topological polar surface area (TPSA) is 55.3 Å². The fourth-order valence-corrected chi connectivity index (χ4v) is 3.24. The van der Waals surface area contributed by atoms with E-state index in [-0.39, 0.29) is 4.75 Å². The van der Waals surface area contributed by atoms with Crippen LogP contribution >= 0.6 is 0 Å². The number of aromatic nitrogens is 2. The molecule has 1 unspecified atom stereocenters. The number of hydrogen-bond acceptors (Lipinski definition) is 5. The first kappa shape index (κ1) is 13.3. The molecule has 2 rings (SSSR count). The van der Waals surface area contributed by atoms with Gasteiger partial charge in [-0.3, -0.25) is 4.21 Å². The highest BCUT2D eigenvalue weighted by Gasteiger charge is 2.33. The maximum atomic E-state index is 11.9. The van der Waals surface area contributed by atoms with Crippen molar-refractivity contribution in [2.75, 3.05) is 30.3 Å². The summed E-state index contributed by atoms with van der Waals surface area (Å²) in [4.78, 5) is 10.5. The molecule has 0 amide bonds. The van der Waals surface area contributed by atoms with Crippen LogP contribution in [-0.2, 0) is 10.8 Å². The minimum atomic E-state index is -0.770. The third-order valence-electron chi connectivity index (χ3n) is 2.98. The Balaban J connectivity index is 2.17. The van der Waals surface area contributed by atoms with Gasteiger partial charge in [0.1, 0.15) is 12.1 Å². The molecule has 1 aliphatic heterocycles. The SMILES string of the molecule is CCOc1cc(N2CCS(=O)C(C)(C)C2)ncn1. The summed E-state index contributed by atoms with van der Waals surface area (Å²) in [6, 6.07) is 1.84. The smallest absolute Gasteiger partial charge is 0.218 e. The van der Waals surface area contributed by atoms with Crippen molar-refractivity contribution < 1.29 is 8.95 Å². The molecule has 1 aromatic heterocycles. The Morgan fingerprint density at radius 2 is 2.28 bits per heavy atom. The van der Waals surface area contributed by atoms with Gasteiger partial charge in [0, 0.05) is 35.7 Å². The average Bonchev–Trinajstić information content (AvgIpc) is 2.33. The standard InChI is InChI=1S/C12H19N3O2S/c1-4-17-11-7-10(13-9-14-11)15-5-6-18(16)12(2,3)8-15/h7,9H,4-6,8H2,1-3H3. The van der Waals surface area contributed by atoms with Crippen molar-refractivity contribution in [1.29, 1.82) is 0 Å². The van der Waals surface area contributed by atoms with Crippen LogP contribution in [0.25, 0.3) is 0 Å². The van der Waals surface area contributed by atoms with Gasteiger partial charge in [-0.1, -0.05) is 0 Å². The Kier molecular flexibility index (Phi) is 3.85. The lowest BCUT2D eigenvalue weighted by Crippen LogP contribution is -2.50. The van der Waals surface area contributed by atoms with Crippen molar-refractivity contribution in [3.8, 4) is 5.88 Å². The molecule has 2 heterocycles. The Morgan fingerprint density at radius 1 is 1.50 bits per heavy atom. The summed E-state index contributed by atoms with van der Waals surface area (Å²) in [5.41, 5.74) is 0. The van der Waals surface area contributed by atoms with E-state index in [1.807, 2.05) is 26.8 Å². The first-order valence-corrected chi connectivity index (χ1v) is 7.43. The second kappa shape index (κ2) is 5.22. The maximum absolute atomic E-state index is 11.9. The quantitative estimate of drug-likeness (QED) is 0.826. The monoisotopic (exact) mass is 269 g/mol. The summed E-state index contributed by atoms with van der Waals surface area (Å²) in [7, 11) is -0.770. The van der Waals surface area contributed by atoms with Gasteiger partial charge in [-0.05, 0) is 20.8 Å². The lowest BCUT2D eigenvalue weighted by molar-refractivity contribution is 0.326. The second-order valence-corrected chi connectivity index (χ2v) is 7.08. The molecule has 100 valence electrons. The lowest BCUT2D eigenvalue weighted by atomic mass is 10.2. The Morgan fingerprint density at radius 3 is 2.94 bits per heavy atom. The van der Waals surface area contributed by atoms with E-state index in [2.05, 4.69) is 14.9 Å². The van der Waals surface area contributed by atoms with Crippen molar-refractivity contribution in [3.05, 3.63) is 12.4 Å². The van der Waals surface area contributed by atoms with Crippen LogP contribution in [0.4, 0.5) is 5.82 Å². The molecule has 18 heavy (non-hydrogen) atoms. The molecule has 1 atom stereocenters. The van der Waals surface area contributed by atoms with Gasteiger partial charge < -0.3 is 9.64 Å². The van der Waals surface area contributed by atoms with E-state index in [1.165, 1.54) is 6.33 Å². The summed E-state index contributed by atoms with van der Waals surface area (Å²) >= 11 is 0. The van der Waals surface area contributed by atoms with Gasteiger partial charge in [0.05, 0.1) is 11.4 Å².